The van der Waals surface area contributed by atoms with Crippen LogP contribution in [0.3, 0.4) is 0 Å². The number of halogens is 1. The van der Waals surface area contributed by atoms with Crippen molar-refractivity contribution in [1.29, 1.82) is 0 Å². The largest absolute Gasteiger partial charge is 0.478 e. The van der Waals surface area contributed by atoms with Gasteiger partial charge in [0.05, 0.1) is 10.6 Å². The number of aromatic nitrogens is 1. The van der Waals surface area contributed by atoms with Crippen molar-refractivity contribution in [2.75, 3.05) is 18.0 Å². The standard InChI is InChI=1S/C13H15ClN2O2/c14-11-4-10(13(17)18)5-15-12(11)16-6-8-2-1-3-9(8)7-16/h4-5,8-9H,1-3,6-7H2,(H,17,18). The minimum atomic E-state index is -0.991. The van der Waals surface area contributed by atoms with Gasteiger partial charge in [0.15, 0.2) is 0 Å². The Hall–Kier alpha value is -1.29. The summed E-state index contributed by atoms with van der Waals surface area (Å²) in [4.78, 5) is 17.3. The Morgan fingerprint density at radius 3 is 2.61 bits per heavy atom. The molecule has 2 atom stereocenters. The number of fused-ring (bicyclic) bond motifs is 1. The van der Waals surface area contributed by atoms with Crippen LogP contribution < -0.4 is 4.90 Å². The quantitative estimate of drug-likeness (QED) is 0.894. The summed E-state index contributed by atoms with van der Waals surface area (Å²) < 4.78 is 0. The lowest BCUT2D eigenvalue weighted by molar-refractivity contribution is 0.0696. The number of rotatable bonds is 2. The van der Waals surface area contributed by atoms with Crippen LogP contribution in [0.1, 0.15) is 29.6 Å². The molecule has 2 unspecified atom stereocenters. The fraction of sp³-hybridized carbons (Fsp3) is 0.538. The molecular weight excluding hydrogens is 252 g/mol. The Morgan fingerprint density at radius 1 is 1.39 bits per heavy atom. The molecule has 0 radical (unpaired) electrons. The lowest BCUT2D eigenvalue weighted by Gasteiger charge is -2.19. The van der Waals surface area contributed by atoms with E-state index in [1.54, 1.807) is 0 Å². The Bertz CT molecular complexity index is 480. The van der Waals surface area contributed by atoms with Gasteiger partial charge in [-0.05, 0) is 30.7 Å². The Morgan fingerprint density at radius 2 is 2.06 bits per heavy atom. The Labute approximate surface area is 111 Å². The molecule has 1 aromatic heterocycles. The average molecular weight is 267 g/mol. The summed E-state index contributed by atoms with van der Waals surface area (Å²) in [5, 5.41) is 9.32. The Balaban J connectivity index is 1.83. The summed E-state index contributed by atoms with van der Waals surface area (Å²) in [5.41, 5.74) is 0.142. The zero-order valence-corrected chi connectivity index (χ0v) is 10.7. The fourth-order valence-electron chi connectivity index (χ4n) is 3.19. The molecule has 0 bridgehead atoms. The third-order valence-electron chi connectivity index (χ3n) is 4.09. The first-order valence-corrected chi connectivity index (χ1v) is 6.66. The predicted molar refractivity (Wildman–Crippen MR) is 69.3 cm³/mol. The number of carbonyl (C=O) groups is 1. The summed E-state index contributed by atoms with van der Waals surface area (Å²) in [6, 6.07) is 1.49. The predicted octanol–water partition coefficient (Wildman–Crippen LogP) is 2.67. The molecule has 1 N–H and O–H groups in total. The molecule has 1 saturated carbocycles. The average Bonchev–Trinajstić information content (AvgIpc) is 2.88. The van der Waals surface area contributed by atoms with Gasteiger partial charge in [-0.25, -0.2) is 9.78 Å². The number of nitrogens with zero attached hydrogens (tertiary/aromatic N) is 2. The number of hydrogen-bond donors (Lipinski definition) is 1. The summed E-state index contributed by atoms with van der Waals surface area (Å²) in [5.74, 6) is 1.27. The van der Waals surface area contributed by atoms with E-state index in [4.69, 9.17) is 16.7 Å². The molecule has 2 heterocycles. The van der Waals surface area contributed by atoms with Gasteiger partial charge in [0.1, 0.15) is 5.82 Å². The molecule has 2 aliphatic rings. The van der Waals surface area contributed by atoms with E-state index in [-0.39, 0.29) is 5.56 Å². The number of carboxylic acids is 1. The van der Waals surface area contributed by atoms with E-state index < -0.39 is 5.97 Å². The van der Waals surface area contributed by atoms with E-state index in [0.717, 1.165) is 30.7 Å². The lowest BCUT2D eigenvalue weighted by atomic mass is 10.0. The highest BCUT2D eigenvalue weighted by atomic mass is 35.5. The van der Waals surface area contributed by atoms with Crippen LogP contribution >= 0.6 is 11.6 Å². The van der Waals surface area contributed by atoms with Gasteiger partial charge in [-0.3, -0.25) is 0 Å². The number of pyridine rings is 1. The molecule has 1 aliphatic carbocycles. The highest BCUT2D eigenvalue weighted by Crippen LogP contribution is 2.40. The maximum atomic E-state index is 10.8. The van der Waals surface area contributed by atoms with Crippen molar-refractivity contribution in [3.8, 4) is 0 Å². The van der Waals surface area contributed by atoms with Crippen LogP contribution in [0.5, 0.6) is 0 Å². The number of carboxylic acid groups (broad SMARTS) is 1. The van der Waals surface area contributed by atoms with Crippen molar-refractivity contribution in [2.45, 2.75) is 19.3 Å². The molecule has 1 aromatic rings. The van der Waals surface area contributed by atoms with Crippen LogP contribution in [0.15, 0.2) is 12.3 Å². The van der Waals surface area contributed by atoms with Gasteiger partial charge in [0, 0.05) is 19.3 Å². The first-order valence-electron chi connectivity index (χ1n) is 6.29. The van der Waals surface area contributed by atoms with Crippen LogP contribution in [-0.2, 0) is 0 Å². The monoisotopic (exact) mass is 266 g/mol. The van der Waals surface area contributed by atoms with Gasteiger partial charge in [-0.2, -0.15) is 0 Å². The molecule has 1 saturated heterocycles. The van der Waals surface area contributed by atoms with Crippen molar-refractivity contribution < 1.29 is 9.90 Å². The molecule has 0 spiro atoms. The maximum Gasteiger partial charge on any atom is 0.337 e. The van der Waals surface area contributed by atoms with E-state index in [0.29, 0.717) is 5.02 Å². The second-order valence-electron chi connectivity index (χ2n) is 5.19. The first-order chi connectivity index (χ1) is 8.65. The van der Waals surface area contributed by atoms with Crippen LogP contribution in [0.2, 0.25) is 5.02 Å². The van der Waals surface area contributed by atoms with E-state index in [2.05, 4.69) is 9.88 Å². The highest BCUT2D eigenvalue weighted by Gasteiger charge is 2.37. The van der Waals surface area contributed by atoms with Crippen molar-refractivity contribution in [1.82, 2.24) is 4.98 Å². The van der Waals surface area contributed by atoms with Gasteiger partial charge in [-0.15, -0.1) is 0 Å². The van der Waals surface area contributed by atoms with Gasteiger partial charge >= 0.3 is 5.97 Å². The molecule has 5 heteroatoms. The van der Waals surface area contributed by atoms with Gasteiger partial charge < -0.3 is 10.0 Å². The second kappa shape index (κ2) is 4.43. The molecule has 96 valence electrons. The van der Waals surface area contributed by atoms with Crippen LogP contribution in [0.25, 0.3) is 0 Å². The van der Waals surface area contributed by atoms with Gasteiger partial charge in [0.2, 0.25) is 0 Å². The second-order valence-corrected chi connectivity index (χ2v) is 5.60. The number of anilines is 1. The summed E-state index contributed by atoms with van der Waals surface area (Å²) in [7, 11) is 0. The zero-order chi connectivity index (χ0) is 12.7. The van der Waals surface area contributed by atoms with Gasteiger partial charge in [0.25, 0.3) is 0 Å². The third kappa shape index (κ3) is 1.94. The molecule has 1 aliphatic heterocycles. The third-order valence-corrected chi connectivity index (χ3v) is 4.37. The van der Waals surface area contributed by atoms with E-state index >= 15 is 0 Å². The minimum absolute atomic E-state index is 0.142. The molecule has 3 rings (SSSR count). The van der Waals surface area contributed by atoms with Crippen molar-refractivity contribution in [3.05, 3.63) is 22.8 Å². The number of aromatic carboxylic acids is 1. The SMILES string of the molecule is O=C(O)c1cnc(N2CC3CCCC3C2)c(Cl)c1. The molecule has 0 aromatic carbocycles. The van der Waals surface area contributed by atoms with E-state index in [1.165, 1.54) is 31.5 Å². The summed E-state index contributed by atoms with van der Waals surface area (Å²) in [6.45, 7) is 2.01. The lowest BCUT2D eigenvalue weighted by Crippen LogP contribution is -2.22. The normalized spacial score (nSPS) is 26.4. The highest BCUT2D eigenvalue weighted by molar-refractivity contribution is 6.33. The first kappa shape index (κ1) is 11.8. The van der Waals surface area contributed by atoms with Crippen LogP contribution in [0.4, 0.5) is 5.82 Å². The molecular formula is C13H15ClN2O2. The van der Waals surface area contributed by atoms with Crippen molar-refractivity contribution in [2.24, 2.45) is 11.8 Å². The van der Waals surface area contributed by atoms with E-state index in [1.807, 2.05) is 0 Å². The van der Waals surface area contributed by atoms with Crippen LogP contribution in [-0.4, -0.2) is 29.1 Å². The van der Waals surface area contributed by atoms with Gasteiger partial charge in [-0.1, -0.05) is 18.0 Å². The summed E-state index contributed by atoms with van der Waals surface area (Å²) >= 11 is 6.14. The molecule has 18 heavy (non-hydrogen) atoms. The van der Waals surface area contributed by atoms with Crippen molar-refractivity contribution in [3.63, 3.8) is 0 Å². The Kier molecular flexibility index (Phi) is 2.90. The number of hydrogen-bond acceptors (Lipinski definition) is 3. The summed E-state index contributed by atoms with van der Waals surface area (Å²) in [6.07, 6.45) is 5.32. The zero-order valence-electron chi connectivity index (χ0n) is 9.97. The fourth-order valence-corrected chi connectivity index (χ4v) is 3.47. The molecule has 0 amide bonds. The van der Waals surface area contributed by atoms with Crippen molar-refractivity contribution >= 4 is 23.4 Å². The minimum Gasteiger partial charge on any atom is -0.478 e. The smallest absolute Gasteiger partial charge is 0.337 e. The maximum absolute atomic E-state index is 10.8. The molecule has 4 nitrogen and oxygen atoms in total. The van der Waals surface area contributed by atoms with Crippen LogP contribution in [0, 0.1) is 11.8 Å². The van der Waals surface area contributed by atoms with E-state index in [9.17, 15) is 4.79 Å². The topological polar surface area (TPSA) is 53.4 Å². The molecule has 2 fully saturated rings.